The smallest absolute Gasteiger partial charge is 0.348 e. The van der Waals surface area contributed by atoms with Gasteiger partial charge < -0.3 is 10.6 Å². The van der Waals surface area contributed by atoms with Gasteiger partial charge >= 0.3 is 12.1 Å². The van der Waals surface area contributed by atoms with Gasteiger partial charge in [-0.1, -0.05) is 29.3 Å². The Balaban J connectivity index is 2.24. The molecule has 166 valence electrons. The van der Waals surface area contributed by atoms with E-state index in [4.69, 9.17) is 23.2 Å². The summed E-state index contributed by atoms with van der Waals surface area (Å²) in [4.78, 5) is 30.7. The molecule has 0 unspecified atom stereocenters. The van der Waals surface area contributed by atoms with E-state index in [0.29, 0.717) is 6.20 Å². The zero-order chi connectivity index (χ0) is 23.4. The molecule has 2 N–H and O–H groups in total. The maximum absolute atomic E-state index is 13.4. The van der Waals surface area contributed by atoms with E-state index in [9.17, 15) is 31.5 Å². The molecule has 0 fully saturated rings. The molecule has 0 bridgehead atoms. The number of alkyl halides is 5. The Morgan fingerprint density at radius 3 is 2.39 bits per heavy atom. The number of halogens is 7. The lowest BCUT2D eigenvalue weighted by Gasteiger charge is -2.18. The van der Waals surface area contributed by atoms with E-state index < -0.39 is 35.4 Å². The van der Waals surface area contributed by atoms with Crippen LogP contribution in [0.1, 0.15) is 32.2 Å². The Morgan fingerprint density at radius 1 is 1.13 bits per heavy atom. The molecule has 1 aromatic heterocycles. The van der Waals surface area contributed by atoms with Gasteiger partial charge in [-0.15, -0.1) is 0 Å². The SMILES string of the molecule is Cc1nc(C(F)(F)C(F)(F)F)ncc1C(=O)Nc1ccc(Cl)c(C(=O)NC/C=C/Cl)c1. The number of carbonyl (C=O) groups excluding carboxylic acids is 2. The van der Waals surface area contributed by atoms with Crippen LogP contribution in [0.4, 0.5) is 27.6 Å². The summed E-state index contributed by atoms with van der Waals surface area (Å²) in [5.41, 5.74) is 0.604. The summed E-state index contributed by atoms with van der Waals surface area (Å²) in [6, 6.07) is 3.94. The predicted molar refractivity (Wildman–Crippen MR) is 103 cm³/mol. The lowest BCUT2D eigenvalue weighted by Crippen LogP contribution is -2.36. The molecule has 0 saturated heterocycles. The molecule has 2 amide bonds. The molecule has 0 atom stereocenters. The van der Waals surface area contributed by atoms with Crippen LogP contribution in [0.5, 0.6) is 0 Å². The highest BCUT2D eigenvalue weighted by molar-refractivity contribution is 6.34. The third kappa shape index (κ3) is 5.67. The minimum absolute atomic E-state index is 0.0237. The first kappa shape index (κ1) is 24.5. The summed E-state index contributed by atoms with van der Waals surface area (Å²) >= 11 is 11.3. The topological polar surface area (TPSA) is 84.0 Å². The summed E-state index contributed by atoms with van der Waals surface area (Å²) in [7, 11) is 0. The third-order valence-electron chi connectivity index (χ3n) is 3.80. The molecule has 1 aromatic carbocycles. The van der Waals surface area contributed by atoms with E-state index in [1.807, 2.05) is 0 Å². The summed E-state index contributed by atoms with van der Waals surface area (Å²) in [6.07, 6.45) is -3.86. The van der Waals surface area contributed by atoms with Gasteiger partial charge in [0, 0.05) is 24.0 Å². The molecule has 2 aromatic rings. The lowest BCUT2D eigenvalue weighted by atomic mass is 10.1. The second-order valence-electron chi connectivity index (χ2n) is 5.99. The molecule has 0 aliphatic heterocycles. The largest absolute Gasteiger partial charge is 0.461 e. The average molecular weight is 483 g/mol. The van der Waals surface area contributed by atoms with Gasteiger partial charge in [-0.3, -0.25) is 9.59 Å². The maximum atomic E-state index is 13.4. The van der Waals surface area contributed by atoms with Crippen molar-refractivity contribution in [1.82, 2.24) is 15.3 Å². The number of aryl methyl sites for hydroxylation is 1. The average Bonchev–Trinajstić information content (AvgIpc) is 2.68. The summed E-state index contributed by atoms with van der Waals surface area (Å²) in [6.45, 7) is 1.21. The van der Waals surface area contributed by atoms with Crippen LogP contribution in [0, 0.1) is 6.92 Å². The highest BCUT2D eigenvalue weighted by atomic mass is 35.5. The lowest BCUT2D eigenvalue weighted by molar-refractivity contribution is -0.292. The highest BCUT2D eigenvalue weighted by Gasteiger charge is 2.61. The van der Waals surface area contributed by atoms with E-state index in [0.717, 1.165) is 6.92 Å². The van der Waals surface area contributed by atoms with Gasteiger partial charge in [-0.2, -0.15) is 22.0 Å². The quantitative estimate of drug-likeness (QED) is 0.577. The van der Waals surface area contributed by atoms with Crippen LogP contribution in [0.25, 0.3) is 0 Å². The molecule has 6 nitrogen and oxygen atoms in total. The first-order chi connectivity index (χ1) is 14.4. The summed E-state index contributed by atoms with van der Waals surface area (Å²) in [5, 5.41) is 4.97. The Kier molecular flexibility index (Phi) is 7.55. The van der Waals surface area contributed by atoms with Gasteiger partial charge in [-0.25, -0.2) is 9.97 Å². The van der Waals surface area contributed by atoms with Gasteiger partial charge in [0.1, 0.15) is 0 Å². The van der Waals surface area contributed by atoms with Crippen LogP contribution < -0.4 is 10.6 Å². The Bertz CT molecular complexity index is 1030. The van der Waals surface area contributed by atoms with Crippen LogP contribution in [-0.4, -0.2) is 34.5 Å². The number of carbonyl (C=O) groups is 2. The molecule has 13 heteroatoms. The van der Waals surface area contributed by atoms with Crippen molar-refractivity contribution in [3.05, 3.63) is 63.7 Å². The molecule has 0 radical (unpaired) electrons. The first-order valence-electron chi connectivity index (χ1n) is 8.31. The molecule has 0 aliphatic carbocycles. The zero-order valence-electron chi connectivity index (χ0n) is 15.5. The van der Waals surface area contributed by atoms with E-state index in [1.54, 1.807) is 0 Å². The molecular formula is C18H13Cl2F5N4O2. The molecule has 2 rings (SSSR count). The van der Waals surface area contributed by atoms with Gasteiger partial charge in [-0.05, 0) is 25.1 Å². The van der Waals surface area contributed by atoms with Crippen LogP contribution >= 0.6 is 23.2 Å². The Labute approximate surface area is 182 Å². The van der Waals surface area contributed by atoms with Crippen molar-refractivity contribution in [2.45, 2.75) is 19.0 Å². The van der Waals surface area contributed by atoms with Crippen molar-refractivity contribution >= 4 is 40.7 Å². The molecule has 1 heterocycles. The number of hydrogen-bond donors (Lipinski definition) is 2. The number of hydrogen-bond acceptors (Lipinski definition) is 4. The Hall–Kier alpha value is -2.79. The Morgan fingerprint density at radius 2 is 1.81 bits per heavy atom. The van der Waals surface area contributed by atoms with Crippen LogP contribution in [0.3, 0.4) is 0 Å². The normalized spacial score (nSPS) is 12.1. The van der Waals surface area contributed by atoms with Crippen molar-refractivity contribution in [2.24, 2.45) is 0 Å². The fourth-order valence-electron chi connectivity index (χ4n) is 2.23. The fraction of sp³-hybridized carbons (Fsp3) is 0.222. The monoisotopic (exact) mass is 482 g/mol. The van der Waals surface area contributed by atoms with Gasteiger partial charge in [0.2, 0.25) is 5.82 Å². The fourth-order valence-corrected chi connectivity index (χ4v) is 2.53. The minimum Gasteiger partial charge on any atom is -0.348 e. The van der Waals surface area contributed by atoms with Gasteiger partial charge in [0.15, 0.2) is 0 Å². The zero-order valence-corrected chi connectivity index (χ0v) is 17.0. The molecule has 0 saturated carbocycles. The second-order valence-corrected chi connectivity index (χ2v) is 6.64. The first-order valence-corrected chi connectivity index (χ1v) is 9.13. The van der Waals surface area contributed by atoms with Crippen molar-refractivity contribution in [3.63, 3.8) is 0 Å². The van der Waals surface area contributed by atoms with Crippen LogP contribution in [0.2, 0.25) is 5.02 Å². The van der Waals surface area contributed by atoms with Gasteiger partial charge in [0.25, 0.3) is 11.8 Å². The van der Waals surface area contributed by atoms with Crippen molar-refractivity contribution in [2.75, 3.05) is 11.9 Å². The van der Waals surface area contributed by atoms with E-state index in [2.05, 4.69) is 20.6 Å². The summed E-state index contributed by atoms with van der Waals surface area (Å²) < 4.78 is 64.2. The van der Waals surface area contributed by atoms with Gasteiger partial charge in [0.05, 0.1) is 21.8 Å². The van der Waals surface area contributed by atoms with Crippen molar-refractivity contribution in [3.8, 4) is 0 Å². The second kappa shape index (κ2) is 9.56. The number of nitrogens with one attached hydrogen (secondary N) is 2. The van der Waals surface area contributed by atoms with Crippen molar-refractivity contribution < 1.29 is 31.5 Å². The summed E-state index contributed by atoms with van der Waals surface area (Å²) in [5.74, 6) is -8.50. The standard InChI is InChI=1S/C18H13Cl2F5N4O2/c1-9-12(8-27-16(28-9)17(21,22)18(23,24)25)15(31)29-10-3-4-13(20)11(7-10)14(30)26-6-2-5-19/h2-5,7-8H,6H2,1H3,(H,26,30)(H,29,31)/b5-2+. The van der Waals surface area contributed by atoms with Crippen molar-refractivity contribution in [1.29, 1.82) is 0 Å². The molecular weight excluding hydrogens is 470 g/mol. The van der Waals surface area contributed by atoms with E-state index >= 15 is 0 Å². The molecule has 31 heavy (non-hydrogen) atoms. The van der Waals surface area contributed by atoms with Crippen LogP contribution in [-0.2, 0) is 5.92 Å². The van der Waals surface area contributed by atoms with E-state index in [1.165, 1.54) is 29.8 Å². The van der Waals surface area contributed by atoms with E-state index in [-0.39, 0.29) is 28.4 Å². The predicted octanol–water partition coefficient (Wildman–Crippen LogP) is 4.83. The number of amides is 2. The number of benzene rings is 1. The number of anilines is 1. The van der Waals surface area contributed by atoms with Crippen LogP contribution in [0.15, 0.2) is 36.0 Å². The maximum Gasteiger partial charge on any atom is 0.461 e. The highest BCUT2D eigenvalue weighted by Crippen LogP contribution is 2.42. The molecule has 0 spiro atoms. The number of aromatic nitrogens is 2. The molecule has 0 aliphatic rings. The minimum atomic E-state index is -5.89. The number of nitrogens with zero attached hydrogens (tertiary/aromatic N) is 2. The third-order valence-corrected chi connectivity index (χ3v) is 4.31. The number of rotatable bonds is 6.